The second-order valence-corrected chi connectivity index (χ2v) is 7.03. The highest BCUT2D eigenvalue weighted by molar-refractivity contribution is 7.08. The van der Waals surface area contributed by atoms with Gasteiger partial charge >= 0.3 is 0 Å². The first-order valence-corrected chi connectivity index (χ1v) is 8.80. The third kappa shape index (κ3) is 3.83. The number of hydrogen-bond donors (Lipinski definition) is 2. The van der Waals surface area contributed by atoms with E-state index in [4.69, 9.17) is 4.42 Å². The Balaban J connectivity index is 1.47. The van der Waals surface area contributed by atoms with Crippen molar-refractivity contribution in [2.24, 2.45) is 0 Å². The first-order chi connectivity index (χ1) is 11.1. The van der Waals surface area contributed by atoms with Gasteiger partial charge in [0.2, 0.25) is 0 Å². The Labute approximate surface area is 139 Å². The van der Waals surface area contributed by atoms with Crippen molar-refractivity contribution >= 4 is 17.2 Å². The minimum absolute atomic E-state index is 0.0301. The van der Waals surface area contributed by atoms with Gasteiger partial charge in [0.1, 0.15) is 6.26 Å². The second kappa shape index (κ2) is 6.86. The van der Waals surface area contributed by atoms with E-state index in [-0.39, 0.29) is 5.91 Å². The van der Waals surface area contributed by atoms with Crippen molar-refractivity contribution in [2.75, 3.05) is 19.6 Å². The summed E-state index contributed by atoms with van der Waals surface area (Å²) in [6, 6.07) is 3.98. The number of likely N-dealkylation sites (tertiary alicyclic amines) is 1. The normalized spacial score (nSPS) is 18.8. The Morgan fingerprint density at radius 2 is 2.26 bits per heavy atom. The van der Waals surface area contributed by atoms with Gasteiger partial charge in [0, 0.05) is 25.7 Å². The Bertz CT molecular complexity index is 614. The molecule has 0 aromatic carbocycles. The fourth-order valence-corrected chi connectivity index (χ4v) is 3.65. The van der Waals surface area contributed by atoms with Crippen LogP contribution in [-0.2, 0) is 5.60 Å². The molecule has 0 spiro atoms. The zero-order chi connectivity index (χ0) is 16.3. The van der Waals surface area contributed by atoms with Gasteiger partial charge in [-0.2, -0.15) is 11.3 Å². The van der Waals surface area contributed by atoms with E-state index in [0.29, 0.717) is 18.2 Å². The van der Waals surface area contributed by atoms with Crippen LogP contribution >= 0.6 is 11.3 Å². The number of carbonyl (C=O) groups excluding carboxylic acids is 1. The number of carbonyl (C=O) groups is 1. The number of aliphatic hydroxyl groups is 1. The monoisotopic (exact) mass is 334 g/mol. The molecule has 0 bridgehead atoms. The summed E-state index contributed by atoms with van der Waals surface area (Å²) >= 11 is 1.59. The van der Waals surface area contributed by atoms with Crippen LogP contribution in [0.15, 0.2) is 39.8 Å². The van der Waals surface area contributed by atoms with Crippen LogP contribution in [0.4, 0.5) is 0 Å². The van der Waals surface area contributed by atoms with Crippen molar-refractivity contribution in [3.8, 4) is 0 Å². The zero-order valence-electron chi connectivity index (χ0n) is 13.2. The van der Waals surface area contributed by atoms with Crippen LogP contribution in [0, 0.1) is 0 Å². The van der Waals surface area contributed by atoms with Crippen LogP contribution in [0.25, 0.3) is 0 Å². The van der Waals surface area contributed by atoms with Crippen molar-refractivity contribution in [1.82, 2.24) is 10.2 Å². The summed E-state index contributed by atoms with van der Waals surface area (Å²) in [7, 11) is 0. The van der Waals surface area contributed by atoms with Crippen molar-refractivity contribution in [1.29, 1.82) is 0 Å². The smallest absolute Gasteiger partial charge is 0.257 e. The number of piperidine rings is 1. The summed E-state index contributed by atoms with van der Waals surface area (Å²) in [5.74, 6) is 0.0301. The molecule has 2 aromatic heterocycles. The van der Waals surface area contributed by atoms with Crippen LogP contribution in [0.5, 0.6) is 0 Å². The van der Waals surface area contributed by atoms with Gasteiger partial charge in [0.05, 0.1) is 17.4 Å². The summed E-state index contributed by atoms with van der Waals surface area (Å²) in [6.07, 6.45) is 4.80. The molecule has 3 rings (SSSR count). The van der Waals surface area contributed by atoms with Gasteiger partial charge in [0.25, 0.3) is 5.91 Å². The van der Waals surface area contributed by atoms with Gasteiger partial charge in [-0.25, -0.2) is 0 Å². The third-order valence-corrected chi connectivity index (χ3v) is 5.11. The Kier molecular flexibility index (Phi) is 4.84. The average Bonchev–Trinajstić information content (AvgIpc) is 3.26. The molecule has 0 unspecified atom stereocenters. The molecule has 124 valence electrons. The molecule has 1 fully saturated rings. The van der Waals surface area contributed by atoms with Crippen LogP contribution in [-0.4, -0.2) is 41.6 Å². The molecule has 2 N–H and O–H groups in total. The topological polar surface area (TPSA) is 65.7 Å². The second-order valence-electron chi connectivity index (χ2n) is 6.25. The van der Waals surface area contributed by atoms with Crippen LogP contribution in [0.2, 0.25) is 0 Å². The molecule has 1 aliphatic rings. The van der Waals surface area contributed by atoms with Gasteiger partial charge in [-0.3, -0.25) is 4.79 Å². The fourth-order valence-electron chi connectivity index (χ4n) is 2.87. The highest BCUT2D eigenvalue weighted by atomic mass is 32.1. The number of rotatable bonds is 5. The Morgan fingerprint density at radius 1 is 1.48 bits per heavy atom. The summed E-state index contributed by atoms with van der Waals surface area (Å²) in [5.41, 5.74) is 0.698. The van der Waals surface area contributed by atoms with E-state index >= 15 is 0 Å². The van der Waals surface area contributed by atoms with E-state index in [1.165, 1.54) is 12.5 Å². The van der Waals surface area contributed by atoms with E-state index in [0.717, 1.165) is 31.5 Å². The molecule has 5 nitrogen and oxygen atoms in total. The molecular formula is C17H22N2O3S. The molecule has 6 heteroatoms. The molecule has 0 aliphatic carbocycles. The lowest BCUT2D eigenvalue weighted by Gasteiger charge is -2.34. The molecule has 0 radical (unpaired) electrons. The van der Waals surface area contributed by atoms with Crippen LogP contribution in [0.3, 0.4) is 0 Å². The number of thiophene rings is 1. The minimum Gasteiger partial charge on any atom is -0.472 e. The number of nitrogens with one attached hydrogen (secondary N) is 1. The maximum atomic E-state index is 12.2. The van der Waals surface area contributed by atoms with Crippen molar-refractivity contribution < 1.29 is 14.3 Å². The van der Waals surface area contributed by atoms with Crippen LogP contribution in [0.1, 0.15) is 35.7 Å². The maximum Gasteiger partial charge on any atom is 0.257 e. The molecule has 1 aliphatic heterocycles. The van der Waals surface area contributed by atoms with E-state index < -0.39 is 5.60 Å². The number of nitrogens with zero attached hydrogens (tertiary/aromatic N) is 1. The first kappa shape index (κ1) is 16.2. The summed E-state index contributed by atoms with van der Waals surface area (Å²) in [5, 5.41) is 17.9. The standard InChI is InChI=1S/C17H22N2O3S/c1-17(21,14-5-9-23-11-14)12-18-15-2-6-19(7-3-15)16(20)13-4-8-22-10-13/h4-5,8-11,15,18,21H,2-3,6-7,12H2,1H3/t17-/m1/s1. The van der Waals surface area contributed by atoms with Crippen molar-refractivity contribution in [3.05, 3.63) is 46.5 Å². The quantitative estimate of drug-likeness (QED) is 0.881. The fraction of sp³-hybridized carbons (Fsp3) is 0.471. The summed E-state index contributed by atoms with van der Waals surface area (Å²) in [6.45, 7) is 3.80. The molecule has 1 atom stereocenters. The first-order valence-electron chi connectivity index (χ1n) is 7.86. The van der Waals surface area contributed by atoms with Gasteiger partial charge in [0.15, 0.2) is 0 Å². The van der Waals surface area contributed by atoms with E-state index in [1.54, 1.807) is 17.4 Å². The minimum atomic E-state index is -0.857. The molecule has 23 heavy (non-hydrogen) atoms. The summed E-state index contributed by atoms with van der Waals surface area (Å²) in [4.78, 5) is 14.1. The van der Waals surface area contributed by atoms with E-state index in [9.17, 15) is 9.90 Å². The maximum absolute atomic E-state index is 12.2. The zero-order valence-corrected chi connectivity index (χ0v) is 14.0. The number of furan rings is 1. The SMILES string of the molecule is C[C@@](O)(CNC1CCN(C(=O)c2ccoc2)CC1)c1ccsc1. The molecule has 0 saturated carbocycles. The van der Waals surface area contributed by atoms with Gasteiger partial charge in [-0.05, 0) is 48.2 Å². The molecule has 2 aromatic rings. The van der Waals surface area contributed by atoms with E-state index in [1.807, 2.05) is 28.7 Å². The summed E-state index contributed by atoms with van der Waals surface area (Å²) < 4.78 is 4.97. The predicted molar refractivity (Wildman–Crippen MR) is 89.5 cm³/mol. The molecular weight excluding hydrogens is 312 g/mol. The number of amides is 1. The van der Waals surface area contributed by atoms with Gasteiger partial charge in [-0.15, -0.1) is 0 Å². The largest absolute Gasteiger partial charge is 0.472 e. The molecule has 3 heterocycles. The molecule has 1 saturated heterocycles. The lowest BCUT2D eigenvalue weighted by molar-refractivity contribution is 0.0485. The lowest BCUT2D eigenvalue weighted by Crippen LogP contribution is -2.48. The lowest BCUT2D eigenvalue weighted by atomic mass is 9.97. The predicted octanol–water partition coefficient (Wildman–Crippen LogP) is 2.44. The highest BCUT2D eigenvalue weighted by Crippen LogP contribution is 2.23. The van der Waals surface area contributed by atoms with Crippen LogP contribution < -0.4 is 5.32 Å². The Morgan fingerprint density at radius 3 is 2.87 bits per heavy atom. The number of hydrogen-bond acceptors (Lipinski definition) is 5. The van der Waals surface area contributed by atoms with Crippen molar-refractivity contribution in [2.45, 2.75) is 31.4 Å². The van der Waals surface area contributed by atoms with E-state index in [2.05, 4.69) is 5.32 Å². The molecule has 1 amide bonds. The van der Waals surface area contributed by atoms with Gasteiger partial charge < -0.3 is 19.7 Å². The van der Waals surface area contributed by atoms with Gasteiger partial charge in [-0.1, -0.05) is 0 Å². The Hall–Kier alpha value is -1.63. The third-order valence-electron chi connectivity index (χ3n) is 4.43. The average molecular weight is 334 g/mol. The van der Waals surface area contributed by atoms with Crippen molar-refractivity contribution in [3.63, 3.8) is 0 Å². The highest BCUT2D eigenvalue weighted by Gasteiger charge is 2.27.